The van der Waals surface area contributed by atoms with Crippen LogP contribution in [0, 0.1) is 0 Å². The van der Waals surface area contributed by atoms with Gasteiger partial charge in [0, 0.05) is 13.0 Å². The molecule has 2 saturated heterocycles. The van der Waals surface area contributed by atoms with Crippen LogP contribution in [0.25, 0.3) is 0 Å². The van der Waals surface area contributed by atoms with Gasteiger partial charge in [0.05, 0.1) is 48.1 Å². The molecule has 0 radical (unpaired) electrons. The van der Waals surface area contributed by atoms with Crippen molar-refractivity contribution in [2.45, 2.75) is 113 Å². The molecule has 18 nitrogen and oxygen atoms in total. The molecule has 0 unspecified atom stereocenters. The molecule has 6 aromatic carbocycles. The molecular formula is C64H66O18. The van der Waals surface area contributed by atoms with E-state index in [1.807, 2.05) is 30.3 Å². The minimum absolute atomic E-state index is 0.0495. The van der Waals surface area contributed by atoms with Gasteiger partial charge in [-0.25, -0.2) is 24.0 Å². The maximum absolute atomic E-state index is 14.6. The molecule has 430 valence electrons. The molecule has 18 heteroatoms. The lowest BCUT2D eigenvalue weighted by Gasteiger charge is -2.48. The summed E-state index contributed by atoms with van der Waals surface area (Å²) in [5, 5.41) is 12.3. The highest BCUT2D eigenvalue weighted by molar-refractivity contribution is 5.92. The summed E-state index contributed by atoms with van der Waals surface area (Å²) >= 11 is 0. The molecule has 10 atom stereocenters. The Bertz CT molecular complexity index is 2930. The Morgan fingerprint density at radius 1 is 0.427 bits per heavy atom. The summed E-state index contributed by atoms with van der Waals surface area (Å²) < 4.78 is 68.7. The van der Waals surface area contributed by atoms with E-state index < -0.39 is 97.9 Å². The van der Waals surface area contributed by atoms with Crippen molar-refractivity contribution in [2.75, 3.05) is 26.9 Å². The maximum atomic E-state index is 14.6. The second kappa shape index (κ2) is 31.2. The third kappa shape index (κ3) is 17.2. The van der Waals surface area contributed by atoms with Gasteiger partial charge < -0.3 is 57.2 Å². The van der Waals surface area contributed by atoms with Crippen LogP contribution in [0.3, 0.4) is 0 Å². The second-order valence-electron chi connectivity index (χ2n) is 19.4. The maximum Gasteiger partial charge on any atom is 0.338 e. The molecule has 0 saturated carbocycles. The van der Waals surface area contributed by atoms with Crippen LogP contribution >= 0.6 is 0 Å². The monoisotopic (exact) mass is 1120 g/mol. The molecule has 82 heavy (non-hydrogen) atoms. The molecule has 0 bridgehead atoms. The normalized spacial score (nSPS) is 22.2. The van der Waals surface area contributed by atoms with Crippen molar-refractivity contribution in [3.05, 3.63) is 215 Å². The highest BCUT2D eigenvalue weighted by Crippen LogP contribution is 2.36. The van der Waals surface area contributed by atoms with Crippen LogP contribution in [0.1, 0.15) is 102 Å². The van der Waals surface area contributed by atoms with E-state index in [1.54, 1.807) is 103 Å². The zero-order chi connectivity index (χ0) is 57.5. The Labute approximate surface area is 475 Å². The van der Waals surface area contributed by atoms with Gasteiger partial charge in [0.15, 0.2) is 37.0 Å². The predicted octanol–water partition coefficient (Wildman–Crippen LogP) is 9.08. The number of esters is 6. The van der Waals surface area contributed by atoms with Gasteiger partial charge in [0.1, 0.15) is 31.0 Å². The Kier molecular flexibility index (Phi) is 22.8. The molecule has 2 aliphatic rings. The number of carbonyl (C=O) groups is 6. The van der Waals surface area contributed by atoms with Crippen molar-refractivity contribution < 1.29 is 86.0 Å². The SMILES string of the molecule is COC(=O)CCCCCCCCO[C@@H]1O[C@H](COC(=O)c2ccccc2)[C@@H](O[C@@H]2O[C@H](COCc3ccccc3)[C@H](O)[C@H](OC(=O)c3ccccc3)[C@H]2OC(=O)c2ccccc2)[C@H](OC(=O)c2ccccc2)[C@H]1OC(=O)c1ccccc1. The molecule has 6 aromatic rings. The van der Waals surface area contributed by atoms with Crippen LogP contribution in [-0.4, -0.2) is 129 Å². The summed E-state index contributed by atoms with van der Waals surface area (Å²) in [6.07, 6.45) is -12.0. The van der Waals surface area contributed by atoms with Crippen molar-refractivity contribution >= 4 is 35.8 Å². The first-order chi connectivity index (χ1) is 40.1. The molecule has 0 aromatic heterocycles. The number of methoxy groups -OCH3 is 1. The Balaban J connectivity index is 1.20. The topological polar surface area (TPSA) is 224 Å². The van der Waals surface area contributed by atoms with Gasteiger partial charge in [0.25, 0.3) is 0 Å². The average molecular weight is 1120 g/mol. The van der Waals surface area contributed by atoms with Crippen LogP contribution in [0.15, 0.2) is 182 Å². The molecule has 2 heterocycles. The fraction of sp³-hybridized carbons (Fsp3) is 0.344. The molecule has 0 amide bonds. The zero-order valence-electron chi connectivity index (χ0n) is 45.3. The number of hydrogen-bond acceptors (Lipinski definition) is 18. The number of aliphatic hydroxyl groups excluding tert-OH is 1. The van der Waals surface area contributed by atoms with Crippen molar-refractivity contribution in [3.63, 3.8) is 0 Å². The summed E-state index contributed by atoms with van der Waals surface area (Å²) in [5.41, 5.74) is 1.36. The van der Waals surface area contributed by atoms with Gasteiger partial charge >= 0.3 is 35.8 Å². The molecule has 0 spiro atoms. The van der Waals surface area contributed by atoms with Crippen molar-refractivity contribution in [2.24, 2.45) is 0 Å². The Morgan fingerprint density at radius 3 is 1.32 bits per heavy atom. The van der Waals surface area contributed by atoms with Crippen LogP contribution in [0.5, 0.6) is 0 Å². The fourth-order valence-corrected chi connectivity index (χ4v) is 9.25. The lowest BCUT2D eigenvalue weighted by Crippen LogP contribution is -2.67. The molecule has 2 aliphatic heterocycles. The van der Waals surface area contributed by atoms with Crippen molar-refractivity contribution in [3.8, 4) is 0 Å². The molecule has 2 fully saturated rings. The average Bonchev–Trinajstić information content (AvgIpc) is 3.31. The Morgan fingerprint density at radius 2 is 0.829 bits per heavy atom. The zero-order valence-corrected chi connectivity index (χ0v) is 45.3. The molecule has 1 N–H and O–H groups in total. The number of aliphatic hydroxyl groups is 1. The van der Waals surface area contributed by atoms with E-state index in [0.717, 1.165) is 24.8 Å². The number of carbonyl (C=O) groups excluding carboxylic acids is 6. The van der Waals surface area contributed by atoms with E-state index in [0.29, 0.717) is 25.7 Å². The van der Waals surface area contributed by atoms with Crippen LogP contribution < -0.4 is 0 Å². The number of benzene rings is 6. The predicted molar refractivity (Wildman–Crippen MR) is 294 cm³/mol. The minimum atomic E-state index is -1.87. The van der Waals surface area contributed by atoms with Crippen LogP contribution in [0.4, 0.5) is 0 Å². The van der Waals surface area contributed by atoms with Crippen molar-refractivity contribution in [1.29, 1.82) is 0 Å². The second-order valence-corrected chi connectivity index (χ2v) is 19.4. The molecular weight excluding hydrogens is 1060 g/mol. The lowest BCUT2D eigenvalue weighted by atomic mass is 9.95. The van der Waals surface area contributed by atoms with Gasteiger partial charge in [0.2, 0.25) is 0 Å². The van der Waals surface area contributed by atoms with Gasteiger partial charge in [-0.1, -0.05) is 147 Å². The third-order valence-electron chi connectivity index (χ3n) is 13.6. The first-order valence-electron chi connectivity index (χ1n) is 27.3. The summed E-state index contributed by atoms with van der Waals surface area (Å²) in [5.74, 6) is -4.63. The van der Waals surface area contributed by atoms with Crippen LogP contribution in [-0.2, 0) is 63.5 Å². The first-order valence-corrected chi connectivity index (χ1v) is 27.3. The highest BCUT2D eigenvalue weighted by atomic mass is 16.8. The number of unbranched alkanes of at least 4 members (excludes halogenated alkanes) is 5. The van der Waals surface area contributed by atoms with E-state index in [-0.39, 0.29) is 53.6 Å². The minimum Gasteiger partial charge on any atom is -0.469 e. The van der Waals surface area contributed by atoms with E-state index in [9.17, 15) is 33.9 Å². The summed E-state index contributed by atoms with van der Waals surface area (Å²) in [6.45, 7) is -0.826. The van der Waals surface area contributed by atoms with Gasteiger partial charge in [-0.3, -0.25) is 4.79 Å². The van der Waals surface area contributed by atoms with E-state index in [4.69, 9.17) is 52.1 Å². The molecule has 0 aliphatic carbocycles. The smallest absolute Gasteiger partial charge is 0.338 e. The number of rotatable bonds is 27. The summed E-state index contributed by atoms with van der Waals surface area (Å²) in [4.78, 5) is 82.8. The highest BCUT2D eigenvalue weighted by Gasteiger charge is 2.57. The summed E-state index contributed by atoms with van der Waals surface area (Å²) in [6, 6.07) is 49.3. The summed E-state index contributed by atoms with van der Waals surface area (Å²) in [7, 11) is 1.36. The van der Waals surface area contributed by atoms with E-state index >= 15 is 0 Å². The third-order valence-corrected chi connectivity index (χ3v) is 13.6. The molecule has 8 rings (SSSR count). The van der Waals surface area contributed by atoms with Crippen LogP contribution in [0.2, 0.25) is 0 Å². The number of ether oxygens (including phenoxy) is 11. The fourth-order valence-electron chi connectivity index (χ4n) is 9.25. The van der Waals surface area contributed by atoms with Gasteiger partial charge in [-0.2, -0.15) is 0 Å². The largest absolute Gasteiger partial charge is 0.469 e. The van der Waals surface area contributed by atoms with Crippen molar-refractivity contribution in [1.82, 2.24) is 0 Å². The van der Waals surface area contributed by atoms with E-state index in [1.165, 1.54) is 55.6 Å². The van der Waals surface area contributed by atoms with Gasteiger partial charge in [-0.15, -0.1) is 0 Å². The first kappa shape index (κ1) is 60.0. The Hall–Kier alpha value is -8.10. The quantitative estimate of drug-likeness (QED) is 0.0288. The van der Waals surface area contributed by atoms with E-state index in [2.05, 4.69) is 0 Å². The standard InChI is InChI=1S/C64H66O18/c1-72-51(65)38-24-4-2-3-5-25-39-74-63-57(81-62(71)48-36-22-11-23-37-48)55(79-60(69)46-32-18-9-19-33-46)53(50(77-63)42-75-58(67)44-28-14-7-15-29-44)82-64-56(80-61(70)47-34-20-10-21-35-47)54(78-59(68)45-30-16-8-17-31-45)52(66)49(76-64)41-73-40-43-26-12-6-13-27-43/h6-23,26-37,49-50,52-57,63-64,66H,2-5,24-25,38-42H2,1H3/t49-,50-,52+,53-,54+,55+,56-,57-,63-,64+/m1/s1. The number of hydrogen-bond donors (Lipinski definition) is 1. The van der Waals surface area contributed by atoms with Gasteiger partial charge in [-0.05, 0) is 79.1 Å². The lowest BCUT2D eigenvalue weighted by molar-refractivity contribution is -0.357.